The number of H-pyrrole nitrogens is 1. The molecule has 27 heavy (non-hydrogen) atoms. The number of piperazine rings is 1. The summed E-state index contributed by atoms with van der Waals surface area (Å²) in [7, 11) is 0. The molecule has 2 aromatic heterocycles. The Morgan fingerprint density at radius 1 is 1.04 bits per heavy atom. The maximum atomic E-state index is 12.5. The van der Waals surface area contributed by atoms with Crippen molar-refractivity contribution >= 4 is 10.9 Å². The second kappa shape index (κ2) is 7.25. The Kier molecular flexibility index (Phi) is 4.80. The van der Waals surface area contributed by atoms with Gasteiger partial charge < -0.3 is 9.51 Å². The maximum absolute atomic E-state index is 12.5. The van der Waals surface area contributed by atoms with Crippen molar-refractivity contribution in [2.24, 2.45) is 0 Å². The van der Waals surface area contributed by atoms with E-state index >= 15 is 0 Å². The van der Waals surface area contributed by atoms with Crippen molar-refractivity contribution in [3.63, 3.8) is 0 Å². The van der Waals surface area contributed by atoms with Crippen LogP contribution in [-0.4, -0.2) is 51.1 Å². The van der Waals surface area contributed by atoms with Crippen LogP contribution in [0.1, 0.15) is 28.4 Å². The fourth-order valence-corrected chi connectivity index (χ4v) is 3.80. The zero-order valence-corrected chi connectivity index (χ0v) is 16.1. The number of aromatic amines is 1. The molecule has 0 aliphatic carbocycles. The first-order valence-corrected chi connectivity index (χ1v) is 9.35. The van der Waals surface area contributed by atoms with Crippen molar-refractivity contribution in [1.82, 2.24) is 24.9 Å². The molecule has 142 valence electrons. The van der Waals surface area contributed by atoms with Gasteiger partial charge in [-0.3, -0.25) is 14.6 Å². The lowest BCUT2D eigenvalue weighted by Crippen LogP contribution is -2.46. The number of benzene rings is 1. The molecule has 0 radical (unpaired) electrons. The normalized spacial score (nSPS) is 16.3. The van der Waals surface area contributed by atoms with Gasteiger partial charge in [0.1, 0.15) is 0 Å². The number of aryl methyl sites for hydroxylation is 3. The molecular formula is C20H25N5O2. The van der Waals surface area contributed by atoms with Gasteiger partial charge in [-0.2, -0.15) is 4.98 Å². The highest BCUT2D eigenvalue weighted by Crippen LogP contribution is 2.19. The summed E-state index contributed by atoms with van der Waals surface area (Å²) in [6.07, 6.45) is 0. The van der Waals surface area contributed by atoms with E-state index in [1.807, 2.05) is 13.0 Å². The molecule has 1 aromatic carbocycles. The van der Waals surface area contributed by atoms with Crippen LogP contribution < -0.4 is 5.56 Å². The summed E-state index contributed by atoms with van der Waals surface area (Å²) >= 11 is 0. The van der Waals surface area contributed by atoms with Gasteiger partial charge in [-0.1, -0.05) is 16.8 Å². The standard InChI is InChI=1S/C20H25N5O2/c1-13-8-14(2)19-16(9-13)10-17(20(26)22-19)11-24-4-6-25(7-5-24)12-18-21-15(3)27-23-18/h8-10H,4-7,11-12H2,1-3H3,(H,22,26). The third-order valence-corrected chi connectivity index (χ3v) is 5.16. The molecule has 4 rings (SSSR count). The van der Waals surface area contributed by atoms with Gasteiger partial charge in [0.25, 0.3) is 5.56 Å². The van der Waals surface area contributed by atoms with Crippen LogP contribution in [0.25, 0.3) is 10.9 Å². The lowest BCUT2D eigenvalue weighted by atomic mass is 10.1. The molecule has 1 saturated heterocycles. The van der Waals surface area contributed by atoms with E-state index in [-0.39, 0.29) is 5.56 Å². The average Bonchev–Trinajstić information content (AvgIpc) is 3.03. The van der Waals surface area contributed by atoms with Crippen molar-refractivity contribution in [3.05, 3.63) is 57.0 Å². The molecule has 1 aliphatic heterocycles. The van der Waals surface area contributed by atoms with Crippen molar-refractivity contribution in [2.75, 3.05) is 26.2 Å². The van der Waals surface area contributed by atoms with Crippen LogP contribution in [0.2, 0.25) is 0 Å². The molecular weight excluding hydrogens is 342 g/mol. The van der Waals surface area contributed by atoms with E-state index in [1.165, 1.54) is 5.56 Å². The second-order valence-electron chi connectivity index (χ2n) is 7.45. The Morgan fingerprint density at radius 3 is 2.41 bits per heavy atom. The van der Waals surface area contributed by atoms with Gasteiger partial charge in [-0.15, -0.1) is 0 Å². The topological polar surface area (TPSA) is 78.3 Å². The number of pyridine rings is 1. The Labute approximate surface area is 158 Å². The van der Waals surface area contributed by atoms with Gasteiger partial charge >= 0.3 is 0 Å². The number of hydrogen-bond acceptors (Lipinski definition) is 6. The van der Waals surface area contributed by atoms with Crippen LogP contribution in [-0.2, 0) is 13.1 Å². The van der Waals surface area contributed by atoms with Crippen LogP contribution in [0.4, 0.5) is 0 Å². The maximum Gasteiger partial charge on any atom is 0.252 e. The minimum atomic E-state index is 0.0131. The van der Waals surface area contributed by atoms with E-state index in [0.29, 0.717) is 19.0 Å². The highest BCUT2D eigenvalue weighted by atomic mass is 16.5. The first-order valence-electron chi connectivity index (χ1n) is 9.35. The van der Waals surface area contributed by atoms with Gasteiger partial charge in [0, 0.05) is 45.2 Å². The van der Waals surface area contributed by atoms with Crippen LogP contribution in [0.3, 0.4) is 0 Å². The quantitative estimate of drug-likeness (QED) is 0.761. The minimum Gasteiger partial charge on any atom is -0.340 e. The molecule has 3 heterocycles. The number of nitrogens with one attached hydrogen (secondary N) is 1. The molecule has 0 bridgehead atoms. The van der Waals surface area contributed by atoms with Gasteiger partial charge in [-0.05, 0) is 36.9 Å². The third kappa shape index (κ3) is 3.94. The largest absolute Gasteiger partial charge is 0.340 e. The number of hydrogen-bond donors (Lipinski definition) is 1. The van der Waals surface area contributed by atoms with Crippen molar-refractivity contribution in [3.8, 4) is 0 Å². The summed E-state index contributed by atoms with van der Waals surface area (Å²) in [5, 5.41) is 5.07. The van der Waals surface area contributed by atoms with Crippen molar-refractivity contribution in [2.45, 2.75) is 33.9 Å². The monoisotopic (exact) mass is 367 g/mol. The summed E-state index contributed by atoms with van der Waals surface area (Å²) in [6, 6.07) is 6.28. The Morgan fingerprint density at radius 2 is 1.74 bits per heavy atom. The molecule has 3 aromatic rings. The van der Waals surface area contributed by atoms with Crippen LogP contribution in [0, 0.1) is 20.8 Å². The van der Waals surface area contributed by atoms with Gasteiger partial charge in [0.15, 0.2) is 5.82 Å². The molecule has 1 aliphatic rings. The van der Waals surface area contributed by atoms with E-state index in [4.69, 9.17) is 4.52 Å². The molecule has 7 heteroatoms. The zero-order chi connectivity index (χ0) is 19.0. The third-order valence-electron chi connectivity index (χ3n) is 5.16. The smallest absolute Gasteiger partial charge is 0.252 e. The summed E-state index contributed by atoms with van der Waals surface area (Å²) in [5.74, 6) is 1.34. The summed E-state index contributed by atoms with van der Waals surface area (Å²) in [4.78, 5) is 24.5. The molecule has 0 unspecified atom stereocenters. The van der Waals surface area contributed by atoms with E-state index in [9.17, 15) is 4.79 Å². The number of aromatic nitrogens is 3. The predicted octanol–water partition coefficient (Wildman–Crippen LogP) is 2.15. The lowest BCUT2D eigenvalue weighted by molar-refractivity contribution is 0.119. The summed E-state index contributed by atoms with van der Waals surface area (Å²) in [5.41, 5.74) is 4.10. The van der Waals surface area contributed by atoms with Crippen LogP contribution in [0.5, 0.6) is 0 Å². The number of fused-ring (bicyclic) bond motifs is 1. The van der Waals surface area contributed by atoms with E-state index in [2.05, 4.69) is 44.0 Å². The second-order valence-corrected chi connectivity index (χ2v) is 7.45. The fourth-order valence-electron chi connectivity index (χ4n) is 3.80. The highest BCUT2D eigenvalue weighted by molar-refractivity contribution is 5.82. The Bertz CT molecular complexity index is 1010. The zero-order valence-electron chi connectivity index (χ0n) is 16.1. The molecule has 7 nitrogen and oxygen atoms in total. The van der Waals surface area contributed by atoms with Gasteiger partial charge in [0.05, 0.1) is 12.1 Å². The van der Waals surface area contributed by atoms with Crippen molar-refractivity contribution in [1.29, 1.82) is 0 Å². The molecule has 0 amide bonds. The number of nitrogens with zero attached hydrogens (tertiary/aromatic N) is 4. The highest BCUT2D eigenvalue weighted by Gasteiger charge is 2.20. The first kappa shape index (κ1) is 17.9. The summed E-state index contributed by atoms with van der Waals surface area (Å²) < 4.78 is 5.03. The first-order chi connectivity index (χ1) is 13.0. The van der Waals surface area contributed by atoms with E-state index in [0.717, 1.165) is 54.0 Å². The van der Waals surface area contributed by atoms with Crippen LogP contribution >= 0.6 is 0 Å². The fraction of sp³-hybridized carbons (Fsp3) is 0.450. The van der Waals surface area contributed by atoms with E-state index < -0.39 is 0 Å². The summed E-state index contributed by atoms with van der Waals surface area (Å²) in [6.45, 7) is 11.0. The van der Waals surface area contributed by atoms with Gasteiger partial charge in [0.2, 0.25) is 5.89 Å². The van der Waals surface area contributed by atoms with Gasteiger partial charge in [-0.25, -0.2) is 0 Å². The Balaban J connectivity index is 1.43. The SMILES string of the molecule is Cc1cc(C)c2[nH]c(=O)c(CN3CCN(Cc4noc(C)n4)CC3)cc2c1. The van der Waals surface area contributed by atoms with Crippen LogP contribution in [0.15, 0.2) is 27.5 Å². The minimum absolute atomic E-state index is 0.0131. The average molecular weight is 367 g/mol. The predicted molar refractivity (Wildman–Crippen MR) is 104 cm³/mol. The Hall–Kier alpha value is -2.51. The van der Waals surface area contributed by atoms with Crippen molar-refractivity contribution < 1.29 is 4.52 Å². The molecule has 0 spiro atoms. The molecule has 0 saturated carbocycles. The number of rotatable bonds is 4. The van der Waals surface area contributed by atoms with E-state index in [1.54, 1.807) is 6.92 Å². The lowest BCUT2D eigenvalue weighted by Gasteiger charge is -2.33. The molecule has 1 fully saturated rings. The molecule has 1 N–H and O–H groups in total. The molecule has 0 atom stereocenters.